The first-order chi connectivity index (χ1) is 17.7. The summed E-state index contributed by atoms with van der Waals surface area (Å²) in [7, 11) is 1.66. The number of nitriles is 1. The molecule has 0 aliphatic carbocycles. The van der Waals surface area contributed by atoms with Crippen molar-refractivity contribution in [2.45, 2.75) is 31.5 Å². The zero-order valence-corrected chi connectivity index (χ0v) is 20.6. The Morgan fingerprint density at radius 1 is 1.08 bits per heavy atom. The molecule has 36 heavy (non-hydrogen) atoms. The van der Waals surface area contributed by atoms with Crippen molar-refractivity contribution in [1.29, 1.82) is 5.26 Å². The summed E-state index contributed by atoms with van der Waals surface area (Å²) in [6, 6.07) is 15.5. The van der Waals surface area contributed by atoms with Gasteiger partial charge in [0.25, 0.3) is 0 Å². The molecule has 186 valence electrons. The molecule has 3 aliphatic rings. The first-order valence-electron chi connectivity index (χ1n) is 12.7. The number of hydrogen-bond donors (Lipinski definition) is 1. The molecule has 0 radical (unpaired) electrons. The van der Waals surface area contributed by atoms with Crippen LogP contribution in [0.1, 0.15) is 24.0 Å². The second-order valence-electron chi connectivity index (χ2n) is 9.74. The number of fused-ring (bicyclic) bond motifs is 2. The minimum absolute atomic E-state index is 0.518. The molecule has 0 unspecified atom stereocenters. The lowest BCUT2D eigenvalue weighted by Gasteiger charge is -2.49. The highest BCUT2D eigenvalue weighted by molar-refractivity contribution is 5.95. The summed E-state index contributed by atoms with van der Waals surface area (Å²) in [6.45, 7) is 6.12. The number of methoxy groups -OCH3 is 1. The normalized spacial score (nSPS) is 18.6. The average molecular weight is 486 g/mol. The fourth-order valence-electron chi connectivity index (χ4n) is 5.50. The number of rotatable bonds is 6. The molecule has 0 atom stereocenters. The van der Waals surface area contributed by atoms with E-state index < -0.39 is 0 Å². The van der Waals surface area contributed by atoms with E-state index in [2.05, 4.69) is 38.3 Å². The largest absolute Gasteiger partial charge is 0.497 e. The Labute approximate surface area is 211 Å². The van der Waals surface area contributed by atoms with Crippen molar-refractivity contribution in [3.8, 4) is 23.3 Å². The maximum atomic E-state index is 9.73. The molecule has 2 fully saturated rings. The van der Waals surface area contributed by atoms with Crippen LogP contribution < -0.4 is 24.4 Å². The molecule has 6 rings (SSSR count). The van der Waals surface area contributed by atoms with Crippen molar-refractivity contribution in [2.75, 3.05) is 51.4 Å². The third-order valence-corrected chi connectivity index (χ3v) is 7.59. The van der Waals surface area contributed by atoms with Crippen LogP contribution >= 0.6 is 0 Å². The highest BCUT2D eigenvalue weighted by Crippen LogP contribution is 2.36. The van der Waals surface area contributed by atoms with Gasteiger partial charge in [0.2, 0.25) is 0 Å². The fraction of sp³-hybridized carbons (Fsp3) is 0.429. The number of hydrogen-bond acceptors (Lipinski definition) is 8. The highest BCUT2D eigenvalue weighted by atomic mass is 16.6. The number of nitrogens with one attached hydrogen (secondary N) is 1. The van der Waals surface area contributed by atoms with E-state index in [9.17, 15) is 5.26 Å². The van der Waals surface area contributed by atoms with Crippen LogP contribution in [0.5, 0.6) is 17.2 Å². The third-order valence-electron chi connectivity index (χ3n) is 7.59. The van der Waals surface area contributed by atoms with Crippen molar-refractivity contribution in [2.24, 2.45) is 0 Å². The topological polar surface area (TPSA) is 82.9 Å². The van der Waals surface area contributed by atoms with Crippen LogP contribution in [0, 0.1) is 11.3 Å². The molecule has 0 bridgehead atoms. The standard InChI is InChI=1S/C28H31N5O3/c1-34-23-3-4-25-24(13-23)28(20(14-29)16-31-25)33-17-22(18-33)32-8-6-21(7-9-32)30-15-19-2-5-26-27(12-19)36-11-10-35-26/h2-5,12-13,16,21-22,30H,6-11,15,17-18H2,1H3. The first-order valence-corrected chi connectivity index (χ1v) is 12.7. The number of anilines is 1. The number of likely N-dealkylation sites (tertiary alicyclic amines) is 1. The Morgan fingerprint density at radius 3 is 2.67 bits per heavy atom. The lowest BCUT2D eigenvalue weighted by atomic mass is 9.97. The van der Waals surface area contributed by atoms with Crippen molar-refractivity contribution in [3.05, 3.63) is 53.7 Å². The minimum atomic E-state index is 0.518. The van der Waals surface area contributed by atoms with Crippen molar-refractivity contribution < 1.29 is 14.2 Å². The van der Waals surface area contributed by atoms with Gasteiger partial charge in [0.05, 0.1) is 23.9 Å². The summed E-state index contributed by atoms with van der Waals surface area (Å²) in [5.74, 6) is 2.47. The van der Waals surface area contributed by atoms with E-state index in [1.54, 1.807) is 13.3 Å². The predicted octanol–water partition coefficient (Wildman–Crippen LogP) is 3.33. The van der Waals surface area contributed by atoms with E-state index in [1.807, 2.05) is 24.3 Å². The van der Waals surface area contributed by atoms with E-state index in [-0.39, 0.29) is 0 Å². The van der Waals surface area contributed by atoms with E-state index >= 15 is 0 Å². The molecule has 0 saturated carbocycles. The number of piperidine rings is 1. The van der Waals surface area contributed by atoms with Crippen LogP contribution in [0.25, 0.3) is 10.9 Å². The summed E-state index contributed by atoms with van der Waals surface area (Å²) in [5.41, 5.74) is 3.72. The van der Waals surface area contributed by atoms with Gasteiger partial charge in [-0.2, -0.15) is 5.26 Å². The monoisotopic (exact) mass is 485 g/mol. The summed E-state index contributed by atoms with van der Waals surface area (Å²) >= 11 is 0. The van der Waals surface area contributed by atoms with Gasteiger partial charge in [-0.15, -0.1) is 0 Å². The van der Waals surface area contributed by atoms with Gasteiger partial charge in [0, 0.05) is 56.4 Å². The second-order valence-corrected chi connectivity index (χ2v) is 9.74. The number of nitrogens with zero attached hydrogens (tertiary/aromatic N) is 4. The van der Waals surface area contributed by atoms with Crippen LogP contribution in [0.4, 0.5) is 5.69 Å². The lowest BCUT2D eigenvalue weighted by molar-refractivity contribution is 0.122. The summed E-state index contributed by atoms with van der Waals surface area (Å²) in [5, 5.41) is 14.4. The molecule has 2 aromatic carbocycles. The second kappa shape index (κ2) is 9.84. The summed E-state index contributed by atoms with van der Waals surface area (Å²) in [4.78, 5) is 9.40. The number of pyridine rings is 1. The Hall–Kier alpha value is -3.54. The summed E-state index contributed by atoms with van der Waals surface area (Å²) in [6.07, 6.45) is 3.97. The van der Waals surface area contributed by atoms with Crippen molar-refractivity contribution in [3.63, 3.8) is 0 Å². The van der Waals surface area contributed by atoms with Crippen molar-refractivity contribution in [1.82, 2.24) is 15.2 Å². The molecular formula is C28H31N5O3. The SMILES string of the molecule is COc1ccc2ncc(C#N)c(N3CC(N4CCC(NCc5ccc6c(c5)OCCO6)CC4)C3)c2c1. The Morgan fingerprint density at radius 2 is 1.89 bits per heavy atom. The van der Waals surface area contributed by atoms with Gasteiger partial charge in [0.1, 0.15) is 25.0 Å². The smallest absolute Gasteiger partial charge is 0.161 e. The zero-order chi connectivity index (χ0) is 24.5. The van der Waals surface area contributed by atoms with E-state index in [0.29, 0.717) is 30.9 Å². The summed E-state index contributed by atoms with van der Waals surface area (Å²) < 4.78 is 16.8. The Bertz CT molecular complexity index is 1290. The molecule has 0 spiro atoms. The maximum Gasteiger partial charge on any atom is 0.161 e. The molecule has 8 nitrogen and oxygen atoms in total. The van der Waals surface area contributed by atoms with Crippen LogP contribution in [-0.4, -0.2) is 68.5 Å². The average Bonchev–Trinajstić information content (AvgIpc) is 2.91. The van der Waals surface area contributed by atoms with Crippen LogP contribution in [0.2, 0.25) is 0 Å². The van der Waals surface area contributed by atoms with Gasteiger partial charge in [-0.3, -0.25) is 9.88 Å². The molecule has 3 aliphatic heterocycles. The molecular weight excluding hydrogens is 454 g/mol. The third kappa shape index (κ3) is 4.41. The van der Waals surface area contributed by atoms with Gasteiger partial charge in [-0.1, -0.05) is 6.07 Å². The fourth-order valence-corrected chi connectivity index (χ4v) is 5.50. The molecule has 3 aromatic rings. The molecule has 1 aromatic heterocycles. The van der Waals surface area contributed by atoms with Gasteiger partial charge < -0.3 is 24.4 Å². The van der Waals surface area contributed by atoms with Gasteiger partial charge in [0.15, 0.2) is 11.5 Å². The minimum Gasteiger partial charge on any atom is -0.497 e. The first kappa shape index (κ1) is 22.9. The molecule has 4 heterocycles. The predicted molar refractivity (Wildman–Crippen MR) is 138 cm³/mol. The van der Waals surface area contributed by atoms with E-state index in [1.165, 1.54) is 5.56 Å². The Balaban J connectivity index is 1.04. The van der Waals surface area contributed by atoms with Crippen LogP contribution in [0.15, 0.2) is 42.6 Å². The quantitative estimate of drug-likeness (QED) is 0.569. The molecule has 2 saturated heterocycles. The maximum absolute atomic E-state index is 9.73. The van der Waals surface area contributed by atoms with Gasteiger partial charge in [-0.25, -0.2) is 0 Å². The van der Waals surface area contributed by atoms with Crippen LogP contribution in [-0.2, 0) is 6.54 Å². The Kier molecular flexibility index (Phi) is 6.26. The van der Waals surface area contributed by atoms with E-state index in [0.717, 1.165) is 79.4 Å². The zero-order valence-electron chi connectivity index (χ0n) is 20.6. The molecule has 0 amide bonds. The van der Waals surface area contributed by atoms with E-state index in [4.69, 9.17) is 14.2 Å². The number of benzene rings is 2. The molecule has 8 heteroatoms. The number of aromatic nitrogens is 1. The number of ether oxygens (including phenoxy) is 3. The van der Waals surface area contributed by atoms with Gasteiger partial charge in [-0.05, 0) is 48.7 Å². The highest BCUT2D eigenvalue weighted by Gasteiger charge is 2.35. The lowest BCUT2D eigenvalue weighted by Crippen LogP contribution is -2.62. The van der Waals surface area contributed by atoms with Crippen LogP contribution in [0.3, 0.4) is 0 Å². The van der Waals surface area contributed by atoms with Gasteiger partial charge >= 0.3 is 0 Å². The molecule has 1 N–H and O–H groups in total. The van der Waals surface area contributed by atoms with Crippen molar-refractivity contribution >= 4 is 16.6 Å².